The molecule has 0 bridgehead atoms. The largest absolute Gasteiger partial charge is 0.398 e. The van der Waals surface area contributed by atoms with E-state index in [1.54, 1.807) is 0 Å². The summed E-state index contributed by atoms with van der Waals surface area (Å²) in [6.45, 7) is 3.83. The van der Waals surface area contributed by atoms with Crippen molar-refractivity contribution in [2.45, 2.75) is 6.42 Å². The van der Waals surface area contributed by atoms with Gasteiger partial charge in [-0.1, -0.05) is 66.7 Å². The van der Waals surface area contributed by atoms with E-state index < -0.39 is 0 Å². The van der Waals surface area contributed by atoms with E-state index in [-0.39, 0.29) is 0 Å². The molecule has 0 atom stereocenters. The standard InChI is InChI=1S/C19H17N/c1-2-7-14-8-3-5-10-16(14)18-13-12-15-9-4-6-11-17(15)19(18)20/h2-6,8-13H,1,7,20H2. The molecule has 0 aliphatic carbocycles. The molecule has 0 aliphatic rings. The second-order valence-electron chi connectivity index (χ2n) is 4.90. The zero-order valence-corrected chi connectivity index (χ0v) is 11.3. The van der Waals surface area contributed by atoms with Gasteiger partial charge in [0, 0.05) is 16.6 Å². The maximum absolute atomic E-state index is 6.39. The monoisotopic (exact) mass is 259 g/mol. The second kappa shape index (κ2) is 5.22. The number of anilines is 1. The first-order valence-corrected chi connectivity index (χ1v) is 6.77. The van der Waals surface area contributed by atoms with Crippen LogP contribution >= 0.6 is 0 Å². The quantitative estimate of drug-likeness (QED) is 0.529. The predicted octanol–water partition coefficient (Wildman–Crippen LogP) is 4.82. The third-order valence-electron chi connectivity index (χ3n) is 3.64. The lowest BCUT2D eigenvalue weighted by atomic mass is 9.94. The van der Waals surface area contributed by atoms with Crippen LogP contribution in [0.25, 0.3) is 21.9 Å². The molecule has 3 aromatic rings. The minimum Gasteiger partial charge on any atom is -0.398 e. The van der Waals surface area contributed by atoms with E-state index in [1.807, 2.05) is 18.2 Å². The number of benzene rings is 3. The molecule has 2 N–H and O–H groups in total. The van der Waals surface area contributed by atoms with Crippen molar-refractivity contribution >= 4 is 16.5 Å². The van der Waals surface area contributed by atoms with Gasteiger partial charge in [-0.2, -0.15) is 0 Å². The van der Waals surface area contributed by atoms with Gasteiger partial charge >= 0.3 is 0 Å². The van der Waals surface area contributed by atoms with Gasteiger partial charge in [-0.15, -0.1) is 6.58 Å². The lowest BCUT2D eigenvalue weighted by Gasteiger charge is -2.13. The minimum atomic E-state index is 0.847. The van der Waals surface area contributed by atoms with Crippen LogP contribution < -0.4 is 5.73 Å². The lowest BCUT2D eigenvalue weighted by molar-refractivity contribution is 1.28. The molecule has 98 valence electrons. The Morgan fingerprint density at radius 2 is 1.60 bits per heavy atom. The molecule has 0 saturated heterocycles. The highest BCUT2D eigenvalue weighted by atomic mass is 14.6. The van der Waals surface area contributed by atoms with E-state index in [4.69, 9.17) is 5.73 Å². The Bertz CT molecular complexity index is 772. The summed E-state index contributed by atoms with van der Waals surface area (Å²) in [5.41, 5.74) is 10.8. The summed E-state index contributed by atoms with van der Waals surface area (Å²) in [5, 5.41) is 2.29. The second-order valence-corrected chi connectivity index (χ2v) is 4.90. The lowest BCUT2D eigenvalue weighted by Crippen LogP contribution is -1.95. The summed E-state index contributed by atoms with van der Waals surface area (Å²) in [6, 6.07) is 20.8. The van der Waals surface area contributed by atoms with Crippen molar-refractivity contribution < 1.29 is 0 Å². The molecule has 0 radical (unpaired) electrons. The molecule has 0 aliphatic heterocycles. The molecular formula is C19H17N. The summed E-state index contributed by atoms with van der Waals surface area (Å²) in [6.07, 6.45) is 2.78. The molecule has 1 heteroatoms. The third-order valence-corrected chi connectivity index (χ3v) is 3.64. The van der Waals surface area contributed by atoms with E-state index >= 15 is 0 Å². The first kappa shape index (κ1) is 12.5. The van der Waals surface area contributed by atoms with Crippen molar-refractivity contribution in [3.05, 3.63) is 78.9 Å². The van der Waals surface area contributed by atoms with Crippen LogP contribution in [0.2, 0.25) is 0 Å². The van der Waals surface area contributed by atoms with Crippen LogP contribution in [-0.2, 0) is 6.42 Å². The molecule has 0 fully saturated rings. The molecule has 0 heterocycles. The van der Waals surface area contributed by atoms with Crippen molar-refractivity contribution in [3.8, 4) is 11.1 Å². The van der Waals surface area contributed by atoms with Crippen molar-refractivity contribution in [2.75, 3.05) is 5.73 Å². The molecule has 3 aromatic carbocycles. The van der Waals surface area contributed by atoms with Crippen molar-refractivity contribution in [2.24, 2.45) is 0 Å². The maximum atomic E-state index is 6.39. The summed E-state index contributed by atoms with van der Waals surface area (Å²) in [7, 11) is 0. The summed E-state index contributed by atoms with van der Waals surface area (Å²) >= 11 is 0. The minimum absolute atomic E-state index is 0.847. The molecule has 0 saturated carbocycles. The summed E-state index contributed by atoms with van der Waals surface area (Å²) in [5.74, 6) is 0. The van der Waals surface area contributed by atoms with Crippen LogP contribution in [0.3, 0.4) is 0 Å². The van der Waals surface area contributed by atoms with E-state index in [2.05, 4.69) is 55.1 Å². The molecule has 0 aromatic heterocycles. The van der Waals surface area contributed by atoms with Crippen LogP contribution in [0, 0.1) is 0 Å². The Hall–Kier alpha value is -2.54. The Labute approximate surface area is 119 Å². The van der Waals surface area contributed by atoms with Gasteiger partial charge in [0.15, 0.2) is 0 Å². The average Bonchev–Trinajstić information content (AvgIpc) is 2.49. The van der Waals surface area contributed by atoms with E-state index in [0.29, 0.717) is 0 Å². The number of rotatable bonds is 3. The smallest absolute Gasteiger partial charge is 0.0473 e. The fourth-order valence-electron chi connectivity index (χ4n) is 2.65. The van der Waals surface area contributed by atoms with Crippen LogP contribution in [-0.4, -0.2) is 0 Å². The van der Waals surface area contributed by atoms with Crippen LogP contribution in [0.1, 0.15) is 5.56 Å². The third kappa shape index (κ3) is 2.08. The summed E-state index contributed by atoms with van der Waals surface area (Å²) < 4.78 is 0. The fourth-order valence-corrected chi connectivity index (χ4v) is 2.65. The first-order chi connectivity index (χ1) is 9.81. The number of hydrogen-bond acceptors (Lipinski definition) is 1. The Morgan fingerprint density at radius 3 is 2.45 bits per heavy atom. The van der Waals surface area contributed by atoms with Crippen molar-refractivity contribution in [1.29, 1.82) is 0 Å². The highest BCUT2D eigenvalue weighted by Gasteiger charge is 2.09. The molecule has 0 unspecified atom stereocenters. The van der Waals surface area contributed by atoms with E-state index in [1.165, 1.54) is 16.5 Å². The van der Waals surface area contributed by atoms with Crippen LogP contribution in [0.15, 0.2) is 73.3 Å². The Balaban J connectivity index is 2.25. The van der Waals surface area contributed by atoms with E-state index in [9.17, 15) is 0 Å². The van der Waals surface area contributed by atoms with Gasteiger partial charge in [0.2, 0.25) is 0 Å². The Morgan fingerprint density at radius 1 is 0.850 bits per heavy atom. The average molecular weight is 259 g/mol. The fraction of sp³-hybridized carbons (Fsp3) is 0.0526. The molecule has 20 heavy (non-hydrogen) atoms. The summed E-state index contributed by atoms with van der Waals surface area (Å²) in [4.78, 5) is 0. The number of nitrogen functional groups attached to an aromatic ring is 1. The van der Waals surface area contributed by atoms with Gasteiger partial charge in [0.05, 0.1) is 0 Å². The zero-order valence-electron chi connectivity index (χ0n) is 11.3. The van der Waals surface area contributed by atoms with Crippen molar-refractivity contribution in [1.82, 2.24) is 0 Å². The van der Waals surface area contributed by atoms with Crippen LogP contribution in [0.5, 0.6) is 0 Å². The number of fused-ring (bicyclic) bond motifs is 1. The molecule has 1 nitrogen and oxygen atoms in total. The first-order valence-electron chi connectivity index (χ1n) is 6.77. The predicted molar refractivity (Wildman–Crippen MR) is 87.7 cm³/mol. The van der Waals surface area contributed by atoms with Crippen LogP contribution in [0.4, 0.5) is 5.69 Å². The topological polar surface area (TPSA) is 26.0 Å². The van der Waals surface area contributed by atoms with Gasteiger partial charge in [0.25, 0.3) is 0 Å². The number of allylic oxidation sites excluding steroid dienone is 1. The molecule has 0 spiro atoms. The van der Waals surface area contributed by atoms with Crippen molar-refractivity contribution in [3.63, 3.8) is 0 Å². The van der Waals surface area contributed by atoms with Gasteiger partial charge in [-0.05, 0) is 22.9 Å². The highest BCUT2D eigenvalue weighted by Crippen LogP contribution is 2.34. The molecular weight excluding hydrogens is 242 g/mol. The van der Waals surface area contributed by atoms with Gasteiger partial charge in [0.1, 0.15) is 0 Å². The SMILES string of the molecule is C=CCc1ccccc1-c1ccc2ccccc2c1N. The van der Waals surface area contributed by atoms with Gasteiger partial charge in [-0.3, -0.25) is 0 Å². The maximum Gasteiger partial charge on any atom is 0.0473 e. The molecule has 0 amide bonds. The zero-order chi connectivity index (χ0) is 13.9. The highest BCUT2D eigenvalue weighted by molar-refractivity contribution is 6.00. The van der Waals surface area contributed by atoms with E-state index in [0.717, 1.165) is 23.1 Å². The van der Waals surface area contributed by atoms with Gasteiger partial charge < -0.3 is 5.73 Å². The number of hydrogen-bond donors (Lipinski definition) is 1. The normalized spacial score (nSPS) is 10.6. The number of nitrogens with two attached hydrogens (primary N) is 1. The Kier molecular flexibility index (Phi) is 3.26. The van der Waals surface area contributed by atoms with Gasteiger partial charge in [-0.25, -0.2) is 0 Å². The molecule has 3 rings (SSSR count).